The Bertz CT molecular complexity index is 542. The summed E-state index contributed by atoms with van der Waals surface area (Å²) in [4.78, 5) is 24.0. The summed E-state index contributed by atoms with van der Waals surface area (Å²) in [6.45, 7) is 3.25. The Hall–Kier alpha value is -1.92. The number of hydrogen-bond acceptors (Lipinski definition) is 4. The van der Waals surface area contributed by atoms with Gasteiger partial charge in [0, 0.05) is 18.9 Å². The Labute approximate surface area is 136 Å². The molecule has 6 heteroatoms. The molecule has 0 spiro atoms. The van der Waals surface area contributed by atoms with E-state index < -0.39 is 6.04 Å². The van der Waals surface area contributed by atoms with Crippen LogP contribution in [0.2, 0.25) is 0 Å². The van der Waals surface area contributed by atoms with Crippen LogP contribution < -0.4 is 16.4 Å². The first-order valence-corrected chi connectivity index (χ1v) is 8.10. The fraction of sp³-hybridized carbons (Fsp3) is 0.529. The van der Waals surface area contributed by atoms with Crippen LogP contribution in [0.5, 0.6) is 0 Å². The van der Waals surface area contributed by atoms with Crippen molar-refractivity contribution in [2.75, 3.05) is 25.1 Å². The van der Waals surface area contributed by atoms with Gasteiger partial charge in [-0.25, -0.2) is 0 Å². The van der Waals surface area contributed by atoms with Crippen molar-refractivity contribution < 1.29 is 14.3 Å². The molecule has 1 fully saturated rings. The molecule has 2 rings (SSSR count). The highest BCUT2D eigenvalue weighted by Gasteiger charge is 2.26. The molecule has 0 radical (unpaired) electrons. The number of benzene rings is 1. The Morgan fingerprint density at radius 3 is 2.78 bits per heavy atom. The molecule has 23 heavy (non-hydrogen) atoms. The third kappa shape index (κ3) is 5.33. The second kappa shape index (κ2) is 8.64. The van der Waals surface area contributed by atoms with Crippen LogP contribution in [-0.2, 0) is 20.7 Å². The number of carbonyl (C=O) groups is 2. The third-order valence-electron chi connectivity index (χ3n) is 4.12. The predicted octanol–water partition coefficient (Wildman–Crippen LogP) is 1.06. The lowest BCUT2D eigenvalue weighted by Crippen LogP contribution is -2.48. The molecule has 1 aromatic carbocycles. The highest BCUT2D eigenvalue weighted by Crippen LogP contribution is 2.17. The summed E-state index contributed by atoms with van der Waals surface area (Å²) >= 11 is 0. The maximum atomic E-state index is 12.0. The summed E-state index contributed by atoms with van der Waals surface area (Å²) in [6.07, 6.45) is 2.47. The number of anilines is 1. The third-order valence-corrected chi connectivity index (χ3v) is 4.12. The maximum absolute atomic E-state index is 12.0. The fourth-order valence-corrected chi connectivity index (χ4v) is 2.65. The first kappa shape index (κ1) is 17.4. The molecule has 1 unspecified atom stereocenters. The van der Waals surface area contributed by atoms with Gasteiger partial charge in [0.25, 0.3) is 0 Å². The van der Waals surface area contributed by atoms with Crippen LogP contribution in [0.1, 0.15) is 25.3 Å². The van der Waals surface area contributed by atoms with Gasteiger partial charge in [-0.1, -0.05) is 19.1 Å². The molecule has 0 saturated carbocycles. The van der Waals surface area contributed by atoms with Crippen LogP contribution in [0, 0.1) is 5.92 Å². The average molecular weight is 319 g/mol. The van der Waals surface area contributed by atoms with E-state index in [1.807, 2.05) is 24.3 Å². The van der Waals surface area contributed by atoms with Gasteiger partial charge in [-0.3, -0.25) is 9.59 Å². The highest BCUT2D eigenvalue weighted by atomic mass is 16.5. The van der Waals surface area contributed by atoms with Gasteiger partial charge in [-0.05, 0) is 42.9 Å². The predicted molar refractivity (Wildman–Crippen MR) is 89.0 cm³/mol. The Morgan fingerprint density at radius 2 is 2.09 bits per heavy atom. The van der Waals surface area contributed by atoms with Gasteiger partial charge in [0.1, 0.15) is 0 Å². The zero-order chi connectivity index (χ0) is 16.7. The zero-order valence-electron chi connectivity index (χ0n) is 13.5. The van der Waals surface area contributed by atoms with E-state index >= 15 is 0 Å². The second-order valence-electron chi connectivity index (χ2n) is 5.80. The molecule has 0 bridgehead atoms. The zero-order valence-corrected chi connectivity index (χ0v) is 13.5. The molecule has 1 aromatic rings. The molecule has 0 aliphatic carbocycles. The summed E-state index contributed by atoms with van der Waals surface area (Å²) in [7, 11) is 0. The summed E-state index contributed by atoms with van der Waals surface area (Å²) in [5, 5.41) is 5.39. The van der Waals surface area contributed by atoms with E-state index in [4.69, 9.17) is 10.5 Å². The Kier molecular flexibility index (Phi) is 6.55. The first-order valence-electron chi connectivity index (χ1n) is 8.10. The fourth-order valence-electron chi connectivity index (χ4n) is 2.65. The summed E-state index contributed by atoms with van der Waals surface area (Å²) in [5.74, 6) is -0.423. The normalized spacial score (nSPS) is 16.6. The van der Waals surface area contributed by atoms with Gasteiger partial charge in [0.05, 0.1) is 12.6 Å². The molecule has 2 amide bonds. The van der Waals surface area contributed by atoms with Crippen molar-refractivity contribution in [3.05, 3.63) is 29.8 Å². The van der Waals surface area contributed by atoms with E-state index in [1.165, 1.54) is 0 Å². The van der Waals surface area contributed by atoms with Crippen molar-refractivity contribution >= 4 is 17.5 Å². The van der Waals surface area contributed by atoms with Crippen LogP contribution in [0.3, 0.4) is 0 Å². The molecular weight excluding hydrogens is 294 g/mol. The molecule has 1 atom stereocenters. The number of nitrogens with one attached hydrogen (secondary N) is 2. The molecule has 4 N–H and O–H groups in total. The molecule has 1 saturated heterocycles. The van der Waals surface area contributed by atoms with E-state index in [1.54, 1.807) is 0 Å². The standard InChI is InChI=1S/C17H25N3O3/c1-2-12-4-3-5-14(10-12)20-15(21)11-19-17(22)16(18)13-6-8-23-9-7-13/h3-5,10,13,16H,2,6-9,11,18H2,1H3,(H,19,22)(H,20,21). The number of rotatable bonds is 6. The Morgan fingerprint density at radius 1 is 1.35 bits per heavy atom. The summed E-state index contributed by atoms with van der Waals surface area (Å²) in [5.41, 5.74) is 7.85. The van der Waals surface area contributed by atoms with E-state index in [0.717, 1.165) is 30.5 Å². The Balaban J connectivity index is 1.77. The quantitative estimate of drug-likeness (QED) is 0.731. The average Bonchev–Trinajstić information content (AvgIpc) is 2.60. The lowest BCUT2D eigenvalue weighted by Gasteiger charge is -2.26. The van der Waals surface area contributed by atoms with Gasteiger partial charge < -0.3 is 21.1 Å². The number of carbonyl (C=O) groups excluding carboxylic acids is 2. The first-order chi connectivity index (χ1) is 11.1. The van der Waals surface area contributed by atoms with Gasteiger partial charge in [0.2, 0.25) is 11.8 Å². The number of amides is 2. The number of aryl methyl sites for hydroxylation is 1. The number of nitrogens with two attached hydrogens (primary N) is 1. The van der Waals surface area contributed by atoms with E-state index in [9.17, 15) is 9.59 Å². The SMILES string of the molecule is CCc1cccc(NC(=O)CNC(=O)C(N)C2CCOCC2)c1. The molecular formula is C17H25N3O3. The van der Waals surface area contributed by atoms with Crippen molar-refractivity contribution in [1.29, 1.82) is 0 Å². The lowest BCUT2D eigenvalue weighted by molar-refractivity contribution is -0.126. The summed E-state index contributed by atoms with van der Waals surface area (Å²) < 4.78 is 5.26. The van der Waals surface area contributed by atoms with Crippen LogP contribution >= 0.6 is 0 Å². The number of hydrogen-bond donors (Lipinski definition) is 3. The summed E-state index contributed by atoms with van der Waals surface area (Å²) in [6, 6.07) is 7.06. The monoisotopic (exact) mass is 319 g/mol. The van der Waals surface area contributed by atoms with Crippen molar-refractivity contribution in [2.24, 2.45) is 11.7 Å². The maximum Gasteiger partial charge on any atom is 0.243 e. The van der Waals surface area contributed by atoms with Gasteiger partial charge in [0.15, 0.2) is 0 Å². The molecule has 126 valence electrons. The van der Waals surface area contributed by atoms with Crippen molar-refractivity contribution in [2.45, 2.75) is 32.2 Å². The van der Waals surface area contributed by atoms with E-state index in [0.29, 0.717) is 13.2 Å². The number of ether oxygens (including phenoxy) is 1. The largest absolute Gasteiger partial charge is 0.381 e. The highest BCUT2D eigenvalue weighted by molar-refractivity contribution is 5.95. The van der Waals surface area contributed by atoms with Gasteiger partial charge >= 0.3 is 0 Å². The molecule has 1 heterocycles. The minimum atomic E-state index is -0.588. The van der Waals surface area contributed by atoms with Crippen LogP contribution in [0.25, 0.3) is 0 Å². The van der Waals surface area contributed by atoms with Crippen molar-refractivity contribution in [3.8, 4) is 0 Å². The van der Waals surface area contributed by atoms with Crippen molar-refractivity contribution in [3.63, 3.8) is 0 Å². The molecule has 0 aromatic heterocycles. The lowest BCUT2D eigenvalue weighted by atomic mass is 9.92. The smallest absolute Gasteiger partial charge is 0.243 e. The second-order valence-corrected chi connectivity index (χ2v) is 5.80. The van der Waals surface area contributed by atoms with E-state index in [2.05, 4.69) is 17.6 Å². The van der Waals surface area contributed by atoms with Crippen LogP contribution in [-0.4, -0.2) is 37.6 Å². The van der Waals surface area contributed by atoms with Crippen molar-refractivity contribution in [1.82, 2.24) is 5.32 Å². The topological polar surface area (TPSA) is 93.5 Å². The van der Waals surface area contributed by atoms with Crippen LogP contribution in [0.15, 0.2) is 24.3 Å². The van der Waals surface area contributed by atoms with E-state index in [-0.39, 0.29) is 24.3 Å². The minimum Gasteiger partial charge on any atom is -0.381 e. The van der Waals surface area contributed by atoms with Gasteiger partial charge in [-0.2, -0.15) is 0 Å². The molecule has 6 nitrogen and oxygen atoms in total. The van der Waals surface area contributed by atoms with Crippen LogP contribution in [0.4, 0.5) is 5.69 Å². The molecule has 1 aliphatic heterocycles. The molecule has 1 aliphatic rings. The van der Waals surface area contributed by atoms with Gasteiger partial charge in [-0.15, -0.1) is 0 Å². The minimum absolute atomic E-state index is 0.0773.